The molecule has 5 aromatic rings. The molecule has 0 fully saturated rings. The third-order valence-corrected chi connectivity index (χ3v) is 4.37. The van der Waals surface area contributed by atoms with Gasteiger partial charge >= 0.3 is 0 Å². The molecular formula is C18H14N8O. The van der Waals surface area contributed by atoms with E-state index in [1.807, 2.05) is 37.3 Å². The second kappa shape index (κ2) is 5.84. The van der Waals surface area contributed by atoms with Crippen molar-refractivity contribution < 1.29 is 0 Å². The van der Waals surface area contributed by atoms with Crippen LogP contribution in [0.5, 0.6) is 0 Å². The van der Waals surface area contributed by atoms with Gasteiger partial charge in [0.1, 0.15) is 6.33 Å². The second-order valence-electron chi connectivity index (χ2n) is 5.98. The van der Waals surface area contributed by atoms with Crippen LogP contribution in [-0.2, 0) is 6.42 Å². The number of aromatic amines is 1. The molecule has 132 valence electrons. The van der Waals surface area contributed by atoms with Crippen molar-refractivity contribution in [2.24, 2.45) is 0 Å². The Labute approximate surface area is 152 Å². The van der Waals surface area contributed by atoms with Crippen molar-refractivity contribution in [3.8, 4) is 17.2 Å². The highest BCUT2D eigenvalue weighted by Crippen LogP contribution is 2.26. The topological polar surface area (TPSA) is 107 Å². The molecule has 0 aliphatic carbocycles. The molecule has 0 bridgehead atoms. The summed E-state index contributed by atoms with van der Waals surface area (Å²) in [5, 5.41) is 11.5. The second-order valence-corrected chi connectivity index (χ2v) is 5.98. The molecule has 0 atom stereocenters. The number of nitrogens with one attached hydrogen (secondary N) is 1. The number of hydrogen-bond donors (Lipinski definition) is 1. The van der Waals surface area contributed by atoms with Crippen LogP contribution in [0, 0.1) is 0 Å². The number of rotatable bonds is 3. The lowest BCUT2D eigenvalue weighted by atomic mass is 10.1. The zero-order chi connectivity index (χ0) is 18.4. The van der Waals surface area contributed by atoms with Crippen LogP contribution in [0.15, 0.2) is 53.7 Å². The summed E-state index contributed by atoms with van der Waals surface area (Å²) in [6, 6.07) is 11.4. The summed E-state index contributed by atoms with van der Waals surface area (Å²) >= 11 is 0. The van der Waals surface area contributed by atoms with E-state index in [2.05, 4.69) is 30.2 Å². The van der Waals surface area contributed by atoms with E-state index in [0.29, 0.717) is 40.6 Å². The van der Waals surface area contributed by atoms with E-state index in [0.717, 1.165) is 5.56 Å². The van der Waals surface area contributed by atoms with Crippen LogP contribution < -0.4 is 5.56 Å². The van der Waals surface area contributed by atoms with Gasteiger partial charge in [-0.15, -0.1) is 5.10 Å². The average Bonchev–Trinajstić information content (AvgIpc) is 3.37. The monoisotopic (exact) mass is 358 g/mol. The number of benzene rings is 1. The quantitative estimate of drug-likeness (QED) is 0.527. The van der Waals surface area contributed by atoms with Crippen LogP contribution in [0.25, 0.3) is 33.9 Å². The summed E-state index contributed by atoms with van der Waals surface area (Å²) in [6.45, 7) is 1.98. The Balaban J connectivity index is 1.97. The minimum atomic E-state index is -0.258. The summed E-state index contributed by atoms with van der Waals surface area (Å²) in [5.41, 5.74) is 1.81. The van der Waals surface area contributed by atoms with Gasteiger partial charge in [-0.05, 0) is 6.07 Å². The third kappa shape index (κ3) is 2.32. The van der Waals surface area contributed by atoms with Crippen molar-refractivity contribution in [3.05, 3.63) is 65.1 Å². The van der Waals surface area contributed by atoms with E-state index < -0.39 is 0 Å². The Hall–Kier alpha value is -3.88. The summed E-state index contributed by atoms with van der Waals surface area (Å²) in [7, 11) is 0. The van der Waals surface area contributed by atoms with Crippen molar-refractivity contribution in [3.63, 3.8) is 0 Å². The van der Waals surface area contributed by atoms with Gasteiger partial charge in [0.05, 0.1) is 16.6 Å². The van der Waals surface area contributed by atoms with Crippen LogP contribution in [0.2, 0.25) is 0 Å². The third-order valence-electron chi connectivity index (χ3n) is 4.37. The molecule has 0 aliphatic heterocycles. The molecule has 0 spiro atoms. The van der Waals surface area contributed by atoms with Crippen molar-refractivity contribution >= 4 is 16.7 Å². The number of H-pyrrole nitrogens is 1. The molecule has 9 heteroatoms. The van der Waals surface area contributed by atoms with Gasteiger partial charge in [0, 0.05) is 18.2 Å². The first-order valence-electron chi connectivity index (χ1n) is 8.48. The maximum absolute atomic E-state index is 13.3. The van der Waals surface area contributed by atoms with E-state index in [4.69, 9.17) is 0 Å². The lowest BCUT2D eigenvalue weighted by molar-refractivity contribution is 0.880. The first-order chi connectivity index (χ1) is 13.3. The first kappa shape index (κ1) is 15.4. The largest absolute Gasteiger partial charge is 0.269 e. The Morgan fingerprint density at radius 3 is 2.70 bits per heavy atom. The van der Waals surface area contributed by atoms with Crippen LogP contribution in [0.4, 0.5) is 0 Å². The van der Waals surface area contributed by atoms with Gasteiger partial charge in [-0.25, -0.2) is 10.1 Å². The minimum absolute atomic E-state index is 0.258. The summed E-state index contributed by atoms with van der Waals surface area (Å²) < 4.78 is 3.05. The minimum Gasteiger partial charge on any atom is -0.268 e. The Bertz CT molecular complexity index is 1320. The Kier molecular flexibility index (Phi) is 3.32. The Morgan fingerprint density at radius 2 is 1.96 bits per heavy atom. The molecular weight excluding hydrogens is 344 g/mol. The Morgan fingerprint density at radius 1 is 1.11 bits per heavy atom. The molecule has 0 radical (unpaired) electrons. The molecule has 0 amide bonds. The summed E-state index contributed by atoms with van der Waals surface area (Å²) in [4.78, 5) is 26.4. The molecule has 4 heterocycles. The highest BCUT2D eigenvalue weighted by Gasteiger charge is 2.19. The number of nitrogens with zero attached hydrogens (tertiary/aromatic N) is 7. The molecule has 0 saturated carbocycles. The summed E-state index contributed by atoms with van der Waals surface area (Å²) in [5.74, 6) is 1.48. The number of hydrogen-bond acceptors (Lipinski definition) is 6. The SMILES string of the molecule is CCc1nc2nc3ccn(-c4ncn[nH]4)c(=O)c3c(-c3ccccc3)n2n1. The van der Waals surface area contributed by atoms with Gasteiger partial charge in [0.25, 0.3) is 11.3 Å². The maximum atomic E-state index is 13.3. The number of aryl methyl sites for hydroxylation is 1. The number of pyridine rings is 1. The molecule has 9 nitrogen and oxygen atoms in total. The van der Waals surface area contributed by atoms with E-state index in [-0.39, 0.29) is 5.56 Å². The number of fused-ring (bicyclic) bond motifs is 2. The highest BCUT2D eigenvalue weighted by molar-refractivity contribution is 5.93. The van der Waals surface area contributed by atoms with Crippen LogP contribution in [0.1, 0.15) is 12.7 Å². The summed E-state index contributed by atoms with van der Waals surface area (Å²) in [6.07, 6.45) is 3.66. The van der Waals surface area contributed by atoms with E-state index in [1.165, 1.54) is 10.9 Å². The molecule has 4 aromatic heterocycles. The molecule has 0 saturated heterocycles. The predicted octanol–water partition coefficient (Wildman–Crippen LogP) is 1.78. The van der Waals surface area contributed by atoms with Gasteiger partial charge in [-0.3, -0.25) is 9.36 Å². The van der Waals surface area contributed by atoms with Crippen LogP contribution in [-0.4, -0.2) is 39.3 Å². The molecule has 0 aliphatic rings. The smallest absolute Gasteiger partial charge is 0.268 e. The van der Waals surface area contributed by atoms with Gasteiger partial charge in [-0.2, -0.15) is 19.6 Å². The van der Waals surface area contributed by atoms with Crippen molar-refractivity contribution in [1.82, 2.24) is 39.3 Å². The van der Waals surface area contributed by atoms with E-state index in [9.17, 15) is 4.79 Å². The molecule has 27 heavy (non-hydrogen) atoms. The standard InChI is InChI=1S/C18H14N8O/c1-2-13-22-18-21-12-8-9-25(17-19-10-20-23-17)16(27)14(12)15(26(18)24-13)11-6-4-3-5-7-11/h3-10H,2H2,1H3,(H,19,20,23). The fourth-order valence-corrected chi connectivity index (χ4v) is 3.12. The molecule has 5 rings (SSSR count). The first-order valence-corrected chi connectivity index (χ1v) is 8.48. The molecule has 1 aromatic carbocycles. The van der Waals surface area contributed by atoms with Crippen LogP contribution in [0.3, 0.4) is 0 Å². The van der Waals surface area contributed by atoms with Crippen LogP contribution >= 0.6 is 0 Å². The van der Waals surface area contributed by atoms with Gasteiger partial charge in [-0.1, -0.05) is 37.3 Å². The lowest BCUT2D eigenvalue weighted by Crippen LogP contribution is -2.21. The van der Waals surface area contributed by atoms with Crippen molar-refractivity contribution in [2.45, 2.75) is 13.3 Å². The fraction of sp³-hybridized carbons (Fsp3) is 0.111. The van der Waals surface area contributed by atoms with Gasteiger partial charge < -0.3 is 0 Å². The fourth-order valence-electron chi connectivity index (χ4n) is 3.12. The van der Waals surface area contributed by atoms with Gasteiger partial charge in [0.15, 0.2) is 5.82 Å². The number of aromatic nitrogens is 8. The zero-order valence-corrected chi connectivity index (χ0v) is 14.4. The predicted molar refractivity (Wildman–Crippen MR) is 98.6 cm³/mol. The molecule has 1 N–H and O–H groups in total. The zero-order valence-electron chi connectivity index (χ0n) is 14.4. The lowest BCUT2D eigenvalue weighted by Gasteiger charge is -2.10. The van der Waals surface area contributed by atoms with Crippen molar-refractivity contribution in [2.75, 3.05) is 0 Å². The highest BCUT2D eigenvalue weighted by atomic mass is 16.1. The van der Waals surface area contributed by atoms with E-state index >= 15 is 0 Å². The molecule has 0 unspecified atom stereocenters. The average molecular weight is 358 g/mol. The normalized spacial score (nSPS) is 11.4. The maximum Gasteiger partial charge on any atom is 0.269 e. The van der Waals surface area contributed by atoms with Gasteiger partial charge in [0.2, 0.25) is 5.95 Å². The van der Waals surface area contributed by atoms with E-state index in [1.54, 1.807) is 16.8 Å². The van der Waals surface area contributed by atoms with Crippen molar-refractivity contribution in [1.29, 1.82) is 0 Å².